The first kappa shape index (κ1) is 35.3. The molecule has 15 heteroatoms. The van der Waals surface area contributed by atoms with E-state index in [0.29, 0.717) is 15.9 Å². The molecule has 0 amide bonds. The van der Waals surface area contributed by atoms with Gasteiger partial charge in [-0.2, -0.15) is 0 Å². The first-order valence-electron chi connectivity index (χ1n) is 13.0. The van der Waals surface area contributed by atoms with Crippen molar-refractivity contribution in [3.8, 4) is 0 Å². The molecule has 41 heavy (non-hydrogen) atoms. The van der Waals surface area contributed by atoms with Crippen molar-refractivity contribution < 1.29 is 28.5 Å². The van der Waals surface area contributed by atoms with Crippen molar-refractivity contribution >= 4 is 61.2 Å². The van der Waals surface area contributed by atoms with Gasteiger partial charge >= 0.3 is 11.9 Å². The Morgan fingerprint density at radius 3 is 1.93 bits per heavy atom. The number of rotatable bonds is 8. The number of pyridine rings is 2. The summed E-state index contributed by atoms with van der Waals surface area (Å²) in [5.74, 6) is -0.338. The lowest BCUT2D eigenvalue weighted by Crippen LogP contribution is -2.39. The topological polar surface area (TPSA) is 141 Å². The van der Waals surface area contributed by atoms with Crippen LogP contribution in [0.3, 0.4) is 0 Å². The molecule has 2 aliphatic heterocycles. The van der Waals surface area contributed by atoms with Crippen LogP contribution in [0.4, 0.5) is 5.82 Å². The molecule has 0 bridgehead atoms. The Hall–Kier alpha value is -1.91. The van der Waals surface area contributed by atoms with Crippen LogP contribution >= 0.6 is 43.5 Å². The standard InChI is InChI=1S/C13H18BrN3O3.C7H5BrClNO2.C6H14N2O/c1-19-13(18)11-8-10(14)9-16-12(11)15-2-3-17-4-6-20-7-5-17;1-12-7(11)5-2-4(8)3-10-6(5)9;7-1-2-8-3-5-9-6-4-8/h8-9H,2-7H2,1H3,(H,15,16);2-3H,1H3;1-7H2. The van der Waals surface area contributed by atoms with Gasteiger partial charge in [0.15, 0.2) is 0 Å². The van der Waals surface area contributed by atoms with Crippen LogP contribution < -0.4 is 11.1 Å². The summed E-state index contributed by atoms with van der Waals surface area (Å²) >= 11 is 12.1. The summed E-state index contributed by atoms with van der Waals surface area (Å²) in [5.41, 5.74) is 6.07. The van der Waals surface area contributed by atoms with Crippen LogP contribution in [0.5, 0.6) is 0 Å². The maximum absolute atomic E-state index is 11.7. The molecule has 4 heterocycles. The maximum atomic E-state index is 11.7. The summed E-state index contributed by atoms with van der Waals surface area (Å²) in [5, 5.41) is 3.33. The van der Waals surface area contributed by atoms with E-state index in [9.17, 15) is 9.59 Å². The molecule has 2 aromatic rings. The van der Waals surface area contributed by atoms with Crippen molar-refractivity contribution in [2.45, 2.75) is 0 Å². The molecular formula is C26H37Br2ClN6O6. The molecule has 0 aliphatic carbocycles. The van der Waals surface area contributed by atoms with Crippen molar-refractivity contribution in [2.75, 3.05) is 98.3 Å². The van der Waals surface area contributed by atoms with Crippen molar-refractivity contribution in [2.24, 2.45) is 5.73 Å². The molecule has 0 aromatic carbocycles. The summed E-state index contributed by atoms with van der Waals surface area (Å²) in [6.07, 6.45) is 3.16. The summed E-state index contributed by atoms with van der Waals surface area (Å²) in [4.78, 5) is 35.3. The Labute approximate surface area is 262 Å². The molecule has 0 unspecified atom stereocenters. The number of carbonyl (C=O) groups excluding carboxylic acids is 2. The number of anilines is 1. The van der Waals surface area contributed by atoms with Crippen LogP contribution in [0.1, 0.15) is 20.7 Å². The van der Waals surface area contributed by atoms with Gasteiger partial charge in [-0.25, -0.2) is 19.6 Å². The fraction of sp³-hybridized carbons (Fsp3) is 0.538. The Kier molecular flexibility index (Phi) is 17.3. The zero-order valence-corrected chi connectivity index (χ0v) is 27.2. The number of hydrogen-bond donors (Lipinski definition) is 2. The fourth-order valence-corrected chi connectivity index (χ4v) is 4.53. The van der Waals surface area contributed by atoms with Crippen LogP contribution in [0, 0.1) is 0 Å². The van der Waals surface area contributed by atoms with Gasteiger partial charge in [0.1, 0.15) is 16.5 Å². The van der Waals surface area contributed by atoms with Gasteiger partial charge < -0.3 is 30.0 Å². The molecule has 3 N–H and O–H groups in total. The third-order valence-corrected chi connectivity index (χ3v) is 7.01. The van der Waals surface area contributed by atoms with Crippen molar-refractivity contribution in [3.05, 3.63) is 49.8 Å². The van der Waals surface area contributed by atoms with E-state index < -0.39 is 11.9 Å². The SMILES string of the molecule is COC(=O)c1cc(Br)cnc1Cl.COC(=O)c1cc(Br)cnc1NCCN1CCOCC1.NCCN1CCOCC1. The lowest BCUT2D eigenvalue weighted by molar-refractivity contribution is 0.0394. The second kappa shape index (κ2) is 20.1. The van der Waals surface area contributed by atoms with E-state index in [0.717, 1.165) is 83.3 Å². The Balaban J connectivity index is 0.000000237. The number of nitrogens with two attached hydrogens (primary N) is 1. The van der Waals surface area contributed by atoms with E-state index in [1.807, 2.05) is 0 Å². The Morgan fingerprint density at radius 1 is 0.902 bits per heavy atom. The van der Waals surface area contributed by atoms with Gasteiger partial charge in [0.25, 0.3) is 0 Å². The molecule has 12 nitrogen and oxygen atoms in total. The molecule has 0 radical (unpaired) electrons. The molecule has 0 spiro atoms. The van der Waals surface area contributed by atoms with Crippen molar-refractivity contribution in [1.82, 2.24) is 19.8 Å². The maximum Gasteiger partial charge on any atom is 0.341 e. The van der Waals surface area contributed by atoms with Gasteiger partial charge in [-0.15, -0.1) is 0 Å². The van der Waals surface area contributed by atoms with Crippen LogP contribution in [0.15, 0.2) is 33.5 Å². The highest BCUT2D eigenvalue weighted by atomic mass is 79.9. The first-order chi connectivity index (χ1) is 19.8. The normalized spacial score (nSPS) is 15.5. The van der Waals surface area contributed by atoms with Crippen LogP contribution in [-0.2, 0) is 18.9 Å². The van der Waals surface area contributed by atoms with E-state index in [1.165, 1.54) is 20.4 Å². The number of halogens is 3. The number of nitrogens with one attached hydrogen (secondary N) is 1. The van der Waals surface area contributed by atoms with Gasteiger partial charge in [0.2, 0.25) is 0 Å². The number of morpholine rings is 2. The average molecular weight is 725 g/mol. The van der Waals surface area contributed by atoms with E-state index in [1.54, 1.807) is 18.3 Å². The lowest BCUT2D eigenvalue weighted by atomic mass is 10.2. The quantitative estimate of drug-likeness (QED) is 0.306. The van der Waals surface area contributed by atoms with Crippen molar-refractivity contribution in [3.63, 3.8) is 0 Å². The number of ether oxygens (including phenoxy) is 4. The second-order valence-corrected chi connectivity index (χ2v) is 10.8. The van der Waals surface area contributed by atoms with E-state index >= 15 is 0 Å². The van der Waals surface area contributed by atoms with Gasteiger partial charge in [-0.05, 0) is 44.0 Å². The molecule has 2 aromatic heterocycles. The predicted octanol–water partition coefficient (Wildman–Crippen LogP) is 2.94. The van der Waals surface area contributed by atoms with E-state index in [2.05, 4.69) is 61.7 Å². The minimum absolute atomic E-state index is 0.144. The number of aromatic nitrogens is 2. The molecule has 2 saturated heterocycles. The Bertz CT molecular complexity index is 1090. The van der Waals surface area contributed by atoms with Gasteiger partial charge in [-0.3, -0.25) is 9.80 Å². The van der Waals surface area contributed by atoms with Gasteiger partial charge in [0.05, 0.1) is 46.2 Å². The number of carbonyl (C=O) groups is 2. The summed E-state index contributed by atoms with van der Waals surface area (Å²) in [6.45, 7) is 10.7. The van der Waals surface area contributed by atoms with Gasteiger partial charge in [-0.1, -0.05) is 11.6 Å². The van der Waals surface area contributed by atoms with Crippen molar-refractivity contribution in [1.29, 1.82) is 0 Å². The zero-order chi connectivity index (χ0) is 30.0. The highest BCUT2D eigenvalue weighted by Gasteiger charge is 2.15. The number of nitrogens with zero attached hydrogens (tertiary/aromatic N) is 4. The number of hydrogen-bond acceptors (Lipinski definition) is 12. The zero-order valence-electron chi connectivity index (χ0n) is 23.2. The second-order valence-electron chi connectivity index (χ2n) is 8.65. The minimum atomic E-state index is -0.492. The summed E-state index contributed by atoms with van der Waals surface area (Å²) < 4.78 is 21.1. The molecule has 0 atom stereocenters. The molecule has 4 rings (SSSR count). The molecule has 228 valence electrons. The summed E-state index contributed by atoms with van der Waals surface area (Å²) in [6, 6.07) is 3.26. The highest BCUT2D eigenvalue weighted by molar-refractivity contribution is 9.10. The summed E-state index contributed by atoms with van der Waals surface area (Å²) in [7, 11) is 2.65. The lowest BCUT2D eigenvalue weighted by Gasteiger charge is -2.26. The van der Waals surface area contributed by atoms with Crippen LogP contribution in [0.2, 0.25) is 5.15 Å². The third kappa shape index (κ3) is 13.3. The smallest absolute Gasteiger partial charge is 0.341 e. The molecule has 0 saturated carbocycles. The molecule has 2 aliphatic rings. The monoisotopic (exact) mass is 722 g/mol. The Morgan fingerprint density at radius 2 is 1.39 bits per heavy atom. The van der Waals surface area contributed by atoms with Gasteiger partial charge in [0, 0.05) is 73.7 Å². The van der Waals surface area contributed by atoms with E-state index in [-0.39, 0.29) is 10.7 Å². The minimum Gasteiger partial charge on any atom is -0.465 e. The molecule has 2 fully saturated rings. The first-order valence-corrected chi connectivity index (χ1v) is 14.9. The molecular weight excluding hydrogens is 688 g/mol. The van der Waals surface area contributed by atoms with E-state index in [4.69, 9.17) is 31.5 Å². The van der Waals surface area contributed by atoms with Crippen LogP contribution in [0.25, 0.3) is 0 Å². The largest absolute Gasteiger partial charge is 0.465 e. The average Bonchev–Trinajstić information content (AvgIpc) is 3.00. The van der Waals surface area contributed by atoms with Crippen LogP contribution in [-0.4, -0.2) is 125 Å². The predicted molar refractivity (Wildman–Crippen MR) is 164 cm³/mol. The number of methoxy groups -OCH3 is 2. The highest BCUT2D eigenvalue weighted by Crippen LogP contribution is 2.19. The third-order valence-electron chi connectivity index (χ3n) is 5.84. The fourth-order valence-electron chi connectivity index (χ4n) is 3.69. The number of esters is 2.